The maximum atomic E-state index is 14.0. The largest absolute Gasteiger partial charge is 0.258 e. The second-order valence-corrected chi connectivity index (χ2v) is 8.25. The van der Waals surface area contributed by atoms with Crippen molar-refractivity contribution in [3.8, 4) is 0 Å². The van der Waals surface area contributed by atoms with Crippen LogP contribution in [0.4, 0.5) is 8.78 Å². The molecule has 1 fully saturated rings. The van der Waals surface area contributed by atoms with Crippen molar-refractivity contribution in [3.05, 3.63) is 51.7 Å². The highest BCUT2D eigenvalue weighted by molar-refractivity contribution is 5.80. The first-order valence-electron chi connectivity index (χ1n) is 10.2. The lowest BCUT2D eigenvalue weighted by Crippen LogP contribution is -2.29. The first-order chi connectivity index (χ1) is 13.2. The molecule has 0 amide bonds. The van der Waals surface area contributed by atoms with Gasteiger partial charge in [-0.15, -0.1) is 0 Å². The molecule has 3 aliphatic carbocycles. The van der Waals surface area contributed by atoms with Gasteiger partial charge in [-0.25, -0.2) is 8.78 Å². The number of nitrogens with zero attached hydrogens (tertiary/aromatic N) is 2. The van der Waals surface area contributed by atoms with Crippen LogP contribution >= 0.6 is 0 Å². The van der Waals surface area contributed by atoms with E-state index in [0.717, 1.165) is 48.9 Å². The molecule has 0 saturated heterocycles. The second-order valence-electron chi connectivity index (χ2n) is 8.25. The second kappa shape index (κ2) is 7.99. The van der Waals surface area contributed by atoms with Crippen LogP contribution in [0.2, 0.25) is 0 Å². The summed E-state index contributed by atoms with van der Waals surface area (Å²) in [5.41, 5.74) is 3.54. The van der Waals surface area contributed by atoms with Gasteiger partial charge >= 0.3 is 0 Å². The normalized spacial score (nSPS) is 29.0. The summed E-state index contributed by atoms with van der Waals surface area (Å²) < 4.78 is 27.9. The van der Waals surface area contributed by atoms with Gasteiger partial charge in [0.2, 0.25) is 0 Å². The molecule has 1 aromatic rings. The Morgan fingerprint density at radius 2 is 1.85 bits per heavy atom. The Hall–Kier alpha value is -1.91. The first kappa shape index (κ1) is 18.5. The lowest BCUT2D eigenvalue weighted by atomic mass is 9.74. The molecular weight excluding hydrogens is 346 g/mol. The van der Waals surface area contributed by atoms with Gasteiger partial charge < -0.3 is 0 Å². The van der Waals surface area contributed by atoms with Crippen LogP contribution in [0.3, 0.4) is 0 Å². The maximum absolute atomic E-state index is 14.0. The van der Waals surface area contributed by atoms with E-state index < -0.39 is 5.82 Å². The van der Waals surface area contributed by atoms with Gasteiger partial charge in [0, 0.05) is 17.7 Å². The predicted molar refractivity (Wildman–Crippen MR) is 102 cm³/mol. The lowest BCUT2D eigenvalue weighted by Gasteiger charge is -2.32. The molecule has 0 N–H and O–H groups in total. The third kappa shape index (κ3) is 3.87. The molecule has 3 atom stereocenters. The zero-order chi connectivity index (χ0) is 18.8. The van der Waals surface area contributed by atoms with Crippen LogP contribution in [-0.2, 0) is 6.42 Å². The summed E-state index contributed by atoms with van der Waals surface area (Å²) in [7, 11) is 0. The van der Waals surface area contributed by atoms with Gasteiger partial charge in [-0.2, -0.15) is 4.91 Å². The number of fused-ring (bicyclic) bond motifs is 2. The fourth-order valence-electron chi connectivity index (χ4n) is 5.19. The van der Waals surface area contributed by atoms with Crippen LogP contribution in [0.25, 0.3) is 5.57 Å². The first-order valence-corrected chi connectivity index (χ1v) is 10.2. The molecule has 0 radical (unpaired) electrons. The molecular formula is C22H26F2N2O. The van der Waals surface area contributed by atoms with E-state index in [0.29, 0.717) is 19.3 Å². The average molecular weight is 372 g/mol. The SMILES string of the molecule is O=NC1CCCCCCC1C1CC2=C(C=C(F)CC2)c2cc(F)cnc2C1. The van der Waals surface area contributed by atoms with Crippen molar-refractivity contribution in [3.63, 3.8) is 0 Å². The molecule has 1 heterocycles. The summed E-state index contributed by atoms with van der Waals surface area (Å²) in [5.74, 6) is -0.0627. The molecule has 1 aromatic heterocycles. The van der Waals surface area contributed by atoms with E-state index in [4.69, 9.17) is 0 Å². The highest BCUT2D eigenvalue weighted by Crippen LogP contribution is 2.44. The molecule has 1 saturated carbocycles. The van der Waals surface area contributed by atoms with Gasteiger partial charge in [0.05, 0.1) is 12.2 Å². The highest BCUT2D eigenvalue weighted by Gasteiger charge is 2.35. The summed E-state index contributed by atoms with van der Waals surface area (Å²) in [6.07, 6.45) is 11.8. The van der Waals surface area contributed by atoms with Crippen molar-refractivity contribution >= 4 is 5.57 Å². The number of pyridine rings is 1. The molecule has 0 bridgehead atoms. The van der Waals surface area contributed by atoms with E-state index in [-0.39, 0.29) is 23.7 Å². The fraction of sp³-hybridized carbons (Fsp3) is 0.591. The Morgan fingerprint density at radius 1 is 1.04 bits per heavy atom. The van der Waals surface area contributed by atoms with Crippen LogP contribution in [-0.4, -0.2) is 11.0 Å². The van der Waals surface area contributed by atoms with E-state index in [1.54, 1.807) is 6.08 Å². The molecule has 3 nitrogen and oxygen atoms in total. The number of aromatic nitrogens is 1. The Morgan fingerprint density at radius 3 is 2.67 bits per heavy atom. The summed E-state index contributed by atoms with van der Waals surface area (Å²) in [6.45, 7) is 0. The number of allylic oxidation sites excluding steroid dienone is 4. The average Bonchev–Trinajstić information content (AvgIpc) is 2.78. The van der Waals surface area contributed by atoms with Gasteiger partial charge in [0.1, 0.15) is 11.6 Å². The predicted octanol–water partition coefficient (Wildman–Crippen LogP) is 6.29. The van der Waals surface area contributed by atoms with E-state index in [1.165, 1.54) is 30.7 Å². The van der Waals surface area contributed by atoms with E-state index >= 15 is 0 Å². The number of rotatable bonds is 2. The van der Waals surface area contributed by atoms with Crippen molar-refractivity contribution < 1.29 is 8.78 Å². The van der Waals surface area contributed by atoms with Crippen LogP contribution in [0.1, 0.15) is 69.0 Å². The topological polar surface area (TPSA) is 42.3 Å². The van der Waals surface area contributed by atoms with E-state index in [9.17, 15) is 13.7 Å². The fourth-order valence-corrected chi connectivity index (χ4v) is 5.19. The van der Waals surface area contributed by atoms with Crippen molar-refractivity contribution in [2.75, 3.05) is 0 Å². The molecule has 3 aliphatic rings. The molecule has 144 valence electrons. The lowest BCUT2D eigenvalue weighted by molar-refractivity contribution is 0.227. The zero-order valence-electron chi connectivity index (χ0n) is 15.6. The highest BCUT2D eigenvalue weighted by atomic mass is 19.1. The number of hydrogen-bond donors (Lipinski definition) is 0. The number of halogens is 2. The van der Waals surface area contributed by atoms with Crippen LogP contribution in [0, 0.1) is 22.6 Å². The van der Waals surface area contributed by atoms with Crippen molar-refractivity contribution in [1.82, 2.24) is 4.98 Å². The molecule has 3 unspecified atom stereocenters. The minimum Gasteiger partial charge on any atom is -0.258 e. The summed E-state index contributed by atoms with van der Waals surface area (Å²) >= 11 is 0. The van der Waals surface area contributed by atoms with Gasteiger partial charge in [-0.05, 0) is 61.7 Å². The van der Waals surface area contributed by atoms with Gasteiger partial charge in [-0.1, -0.05) is 36.4 Å². The van der Waals surface area contributed by atoms with Gasteiger partial charge in [0.15, 0.2) is 0 Å². The molecule has 4 rings (SSSR count). The van der Waals surface area contributed by atoms with Gasteiger partial charge in [-0.3, -0.25) is 4.98 Å². The molecule has 27 heavy (non-hydrogen) atoms. The smallest absolute Gasteiger partial charge is 0.142 e. The molecule has 5 heteroatoms. The number of nitroso groups, excluding NO2 is 1. The minimum atomic E-state index is -0.392. The summed E-state index contributed by atoms with van der Waals surface area (Å²) in [6, 6.07) is 1.33. The third-order valence-corrected chi connectivity index (χ3v) is 6.56. The Labute approximate surface area is 158 Å². The Kier molecular flexibility index (Phi) is 5.46. The zero-order valence-corrected chi connectivity index (χ0v) is 15.6. The molecule has 0 spiro atoms. The van der Waals surface area contributed by atoms with Crippen LogP contribution in [0.5, 0.6) is 0 Å². The van der Waals surface area contributed by atoms with Crippen LogP contribution in [0.15, 0.2) is 34.9 Å². The minimum absolute atomic E-state index is 0.152. The Bertz CT molecular complexity index is 787. The van der Waals surface area contributed by atoms with Crippen molar-refractivity contribution in [2.24, 2.45) is 17.0 Å². The summed E-state index contributed by atoms with van der Waals surface area (Å²) in [4.78, 5) is 16.0. The molecule has 0 aliphatic heterocycles. The van der Waals surface area contributed by atoms with Gasteiger partial charge in [0.25, 0.3) is 0 Å². The maximum Gasteiger partial charge on any atom is 0.142 e. The number of hydrogen-bond acceptors (Lipinski definition) is 3. The Balaban J connectivity index is 1.74. The van der Waals surface area contributed by atoms with Crippen molar-refractivity contribution in [2.45, 2.75) is 70.3 Å². The van der Waals surface area contributed by atoms with E-state index in [1.807, 2.05) is 0 Å². The van der Waals surface area contributed by atoms with Crippen LogP contribution < -0.4 is 0 Å². The monoisotopic (exact) mass is 372 g/mol. The standard InChI is InChI=1S/C22H26F2N2O/c23-16-8-7-14-9-15(18-5-3-1-2-4-6-21(18)26-27)10-22-20(19(14)11-16)12-17(24)13-25-22/h11-13,15,18,21H,1-10H2. The quantitative estimate of drug-likeness (QED) is 0.573. The summed E-state index contributed by atoms with van der Waals surface area (Å²) in [5, 5.41) is 3.50. The third-order valence-electron chi connectivity index (χ3n) is 6.56. The van der Waals surface area contributed by atoms with Crippen molar-refractivity contribution in [1.29, 1.82) is 0 Å². The molecule has 0 aromatic carbocycles. The van der Waals surface area contributed by atoms with E-state index in [2.05, 4.69) is 10.2 Å².